The van der Waals surface area contributed by atoms with Crippen molar-refractivity contribution in [3.05, 3.63) is 59.9 Å². The number of carbonyl (C=O) groups excluding carboxylic acids is 1. The maximum absolute atomic E-state index is 12.0. The highest BCUT2D eigenvalue weighted by atomic mass is 16.1. The van der Waals surface area contributed by atoms with Gasteiger partial charge in [-0.1, -0.05) is 18.2 Å². The normalized spacial score (nSPS) is 10.7. The molecular weight excluding hydrogens is 264 g/mol. The van der Waals surface area contributed by atoms with Gasteiger partial charge in [-0.05, 0) is 30.2 Å². The van der Waals surface area contributed by atoms with E-state index in [-0.39, 0.29) is 5.91 Å². The van der Waals surface area contributed by atoms with E-state index in [9.17, 15) is 4.79 Å². The van der Waals surface area contributed by atoms with Gasteiger partial charge >= 0.3 is 0 Å². The Labute approximate surface area is 122 Å². The standard InChI is InChI=1S/C16H16N4O/c17-15-9-11(5-7-18-15)16(21)19-8-6-12-10-20-14-4-2-1-3-13(12)14/h1-5,7,9-10,20H,6,8H2,(H2,17,18)(H,19,21). The summed E-state index contributed by atoms with van der Waals surface area (Å²) in [6, 6.07) is 11.3. The van der Waals surface area contributed by atoms with Crippen molar-refractivity contribution in [2.24, 2.45) is 0 Å². The van der Waals surface area contributed by atoms with Gasteiger partial charge in [-0.2, -0.15) is 0 Å². The number of anilines is 1. The number of rotatable bonds is 4. The monoisotopic (exact) mass is 280 g/mol. The lowest BCUT2D eigenvalue weighted by Gasteiger charge is -2.05. The number of pyridine rings is 1. The van der Waals surface area contributed by atoms with Crippen molar-refractivity contribution < 1.29 is 4.79 Å². The van der Waals surface area contributed by atoms with Crippen LogP contribution in [-0.2, 0) is 6.42 Å². The van der Waals surface area contributed by atoms with Crippen LogP contribution in [0.2, 0.25) is 0 Å². The third kappa shape index (κ3) is 2.86. The number of hydrogen-bond donors (Lipinski definition) is 3. The Kier molecular flexibility index (Phi) is 3.55. The van der Waals surface area contributed by atoms with E-state index in [0.29, 0.717) is 17.9 Å². The zero-order valence-electron chi connectivity index (χ0n) is 11.5. The molecule has 3 rings (SSSR count). The number of fused-ring (bicyclic) bond motifs is 1. The maximum Gasteiger partial charge on any atom is 0.251 e. The number of hydrogen-bond acceptors (Lipinski definition) is 3. The number of nitrogens with zero attached hydrogens (tertiary/aromatic N) is 1. The molecular formula is C16H16N4O. The van der Waals surface area contributed by atoms with Crippen LogP contribution in [0.25, 0.3) is 10.9 Å². The summed E-state index contributed by atoms with van der Waals surface area (Å²) in [5.41, 5.74) is 8.40. The quantitative estimate of drug-likeness (QED) is 0.684. The summed E-state index contributed by atoms with van der Waals surface area (Å²) in [5.74, 6) is 0.211. The second kappa shape index (κ2) is 5.66. The van der Waals surface area contributed by atoms with Gasteiger partial charge in [0.05, 0.1) is 0 Å². The highest BCUT2D eigenvalue weighted by Crippen LogP contribution is 2.17. The van der Waals surface area contributed by atoms with E-state index in [1.165, 1.54) is 17.1 Å². The largest absolute Gasteiger partial charge is 0.384 e. The minimum absolute atomic E-state index is 0.135. The summed E-state index contributed by atoms with van der Waals surface area (Å²) in [6.45, 7) is 0.572. The number of nitrogen functional groups attached to an aromatic ring is 1. The van der Waals surface area contributed by atoms with Crippen LogP contribution in [0, 0.1) is 0 Å². The number of H-pyrrole nitrogens is 1. The Hall–Kier alpha value is -2.82. The van der Waals surface area contributed by atoms with Crippen LogP contribution in [-0.4, -0.2) is 22.4 Å². The highest BCUT2D eigenvalue weighted by Gasteiger charge is 2.07. The minimum Gasteiger partial charge on any atom is -0.384 e. The molecule has 0 atom stereocenters. The first-order chi connectivity index (χ1) is 10.2. The summed E-state index contributed by atoms with van der Waals surface area (Å²) in [6.07, 6.45) is 4.29. The van der Waals surface area contributed by atoms with E-state index in [4.69, 9.17) is 5.73 Å². The van der Waals surface area contributed by atoms with Gasteiger partial charge in [0.1, 0.15) is 5.82 Å². The Morgan fingerprint density at radius 1 is 1.29 bits per heavy atom. The van der Waals surface area contributed by atoms with Gasteiger partial charge in [-0.3, -0.25) is 4.79 Å². The summed E-state index contributed by atoms with van der Waals surface area (Å²) >= 11 is 0. The van der Waals surface area contributed by atoms with Gasteiger partial charge in [0, 0.05) is 35.4 Å². The molecule has 5 nitrogen and oxygen atoms in total. The van der Waals surface area contributed by atoms with Gasteiger partial charge < -0.3 is 16.0 Å². The average molecular weight is 280 g/mol. The topological polar surface area (TPSA) is 83.8 Å². The molecule has 5 heteroatoms. The molecule has 0 radical (unpaired) electrons. The maximum atomic E-state index is 12.0. The van der Waals surface area contributed by atoms with Crippen molar-refractivity contribution in [3.63, 3.8) is 0 Å². The summed E-state index contributed by atoms with van der Waals surface area (Å²) in [5, 5.41) is 4.09. The molecule has 2 heterocycles. The second-order valence-electron chi connectivity index (χ2n) is 4.83. The van der Waals surface area contributed by atoms with Crippen LogP contribution in [0.5, 0.6) is 0 Å². The molecule has 0 spiro atoms. The van der Waals surface area contributed by atoms with E-state index in [1.807, 2.05) is 24.4 Å². The summed E-state index contributed by atoms with van der Waals surface area (Å²) in [4.78, 5) is 19.1. The fourth-order valence-electron chi connectivity index (χ4n) is 2.34. The SMILES string of the molecule is Nc1cc(C(=O)NCCc2c[nH]c3ccccc23)ccn1. The van der Waals surface area contributed by atoms with Crippen molar-refractivity contribution in [2.45, 2.75) is 6.42 Å². The molecule has 106 valence electrons. The molecule has 0 aliphatic carbocycles. The molecule has 0 saturated heterocycles. The number of amides is 1. The first kappa shape index (κ1) is 13.2. The van der Waals surface area contributed by atoms with Crippen LogP contribution >= 0.6 is 0 Å². The Balaban J connectivity index is 1.62. The van der Waals surface area contributed by atoms with Crippen molar-refractivity contribution in [1.29, 1.82) is 0 Å². The lowest BCUT2D eigenvalue weighted by molar-refractivity contribution is 0.0954. The van der Waals surface area contributed by atoms with E-state index >= 15 is 0 Å². The van der Waals surface area contributed by atoms with Crippen LogP contribution in [0.15, 0.2) is 48.8 Å². The molecule has 0 fully saturated rings. The molecule has 0 saturated carbocycles. The third-order valence-corrected chi connectivity index (χ3v) is 3.40. The number of carbonyl (C=O) groups is 1. The number of nitrogens with one attached hydrogen (secondary N) is 2. The molecule has 1 amide bonds. The fourth-order valence-corrected chi connectivity index (χ4v) is 2.34. The fraction of sp³-hybridized carbons (Fsp3) is 0.125. The average Bonchev–Trinajstić information content (AvgIpc) is 2.91. The van der Waals surface area contributed by atoms with Crippen molar-refractivity contribution in [1.82, 2.24) is 15.3 Å². The van der Waals surface area contributed by atoms with E-state index < -0.39 is 0 Å². The van der Waals surface area contributed by atoms with Crippen LogP contribution in [0.3, 0.4) is 0 Å². The summed E-state index contributed by atoms with van der Waals surface area (Å²) in [7, 11) is 0. The first-order valence-corrected chi connectivity index (χ1v) is 6.79. The molecule has 1 aromatic carbocycles. The second-order valence-corrected chi connectivity index (χ2v) is 4.83. The molecule has 21 heavy (non-hydrogen) atoms. The molecule has 0 aliphatic heterocycles. The molecule has 0 bridgehead atoms. The third-order valence-electron chi connectivity index (χ3n) is 3.40. The highest BCUT2D eigenvalue weighted by molar-refractivity contribution is 5.94. The smallest absolute Gasteiger partial charge is 0.251 e. The molecule has 3 aromatic rings. The van der Waals surface area contributed by atoms with Gasteiger partial charge in [-0.15, -0.1) is 0 Å². The van der Waals surface area contributed by atoms with E-state index in [1.54, 1.807) is 12.1 Å². The molecule has 0 aliphatic rings. The minimum atomic E-state index is -0.135. The summed E-state index contributed by atoms with van der Waals surface area (Å²) < 4.78 is 0. The molecule has 4 N–H and O–H groups in total. The van der Waals surface area contributed by atoms with Crippen molar-refractivity contribution in [3.8, 4) is 0 Å². The van der Waals surface area contributed by atoms with Crippen LogP contribution in [0.4, 0.5) is 5.82 Å². The lowest BCUT2D eigenvalue weighted by Crippen LogP contribution is -2.25. The number of benzene rings is 1. The number of para-hydroxylation sites is 1. The first-order valence-electron chi connectivity index (χ1n) is 6.79. The van der Waals surface area contributed by atoms with Crippen LogP contribution in [0.1, 0.15) is 15.9 Å². The van der Waals surface area contributed by atoms with Gasteiger partial charge in [0.15, 0.2) is 0 Å². The van der Waals surface area contributed by atoms with Crippen LogP contribution < -0.4 is 11.1 Å². The predicted octanol–water partition coefficient (Wildman–Crippen LogP) is 2.12. The number of aromatic nitrogens is 2. The van der Waals surface area contributed by atoms with E-state index in [2.05, 4.69) is 21.4 Å². The number of aromatic amines is 1. The van der Waals surface area contributed by atoms with Gasteiger partial charge in [0.25, 0.3) is 5.91 Å². The van der Waals surface area contributed by atoms with Gasteiger partial charge in [0.2, 0.25) is 0 Å². The molecule has 2 aromatic heterocycles. The van der Waals surface area contributed by atoms with Crippen molar-refractivity contribution in [2.75, 3.05) is 12.3 Å². The van der Waals surface area contributed by atoms with Crippen molar-refractivity contribution >= 4 is 22.6 Å². The zero-order valence-corrected chi connectivity index (χ0v) is 11.5. The predicted molar refractivity (Wildman–Crippen MR) is 83.0 cm³/mol. The Bertz CT molecular complexity index is 779. The lowest BCUT2D eigenvalue weighted by atomic mass is 10.1. The van der Waals surface area contributed by atoms with E-state index in [0.717, 1.165) is 11.9 Å². The zero-order chi connectivity index (χ0) is 14.7. The Morgan fingerprint density at radius 3 is 3.00 bits per heavy atom. The Morgan fingerprint density at radius 2 is 2.14 bits per heavy atom. The number of nitrogens with two attached hydrogens (primary N) is 1. The molecule has 0 unspecified atom stereocenters. The van der Waals surface area contributed by atoms with Gasteiger partial charge in [-0.25, -0.2) is 4.98 Å².